The van der Waals surface area contributed by atoms with Crippen LogP contribution in [-0.4, -0.2) is 43.9 Å². The Balaban J connectivity index is 0.00000220. The molecule has 1 aromatic carbocycles. The Bertz CT molecular complexity index is 501. The van der Waals surface area contributed by atoms with Crippen LogP contribution in [0.1, 0.15) is 23.2 Å². The van der Waals surface area contributed by atoms with Gasteiger partial charge in [0.1, 0.15) is 0 Å². The fourth-order valence-corrected chi connectivity index (χ4v) is 1.93. The molecule has 1 saturated carbocycles. The molecule has 2 rings (SSSR count). The molecule has 5 nitrogen and oxygen atoms in total. The molecule has 21 heavy (non-hydrogen) atoms. The first-order valence-corrected chi connectivity index (χ1v) is 6.89. The lowest BCUT2D eigenvalue weighted by Gasteiger charge is -2.14. The molecule has 1 aromatic rings. The summed E-state index contributed by atoms with van der Waals surface area (Å²) in [6, 6.07) is 7.06. The average molecular weight is 312 g/mol. The molecule has 0 spiro atoms. The summed E-state index contributed by atoms with van der Waals surface area (Å²) in [6.07, 6.45) is 2.52. The van der Waals surface area contributed by atoms with Gasteiger partial charge < -0.3 is 15.5 Å². The fourth-order valence-electron chi connectivity index (χ4n) is 1.93. The molecule has 0 radical (unpaired) electrons. The second-order valence-electron chi connectivity index (χ2n) is 5.37. The number of carbonyl (C=O) groups excluding carboxylic acids is 2. The van der Waals surface area contributed by atoms with E-state index in [9.17, 15) is 9.59 Å². The molecule has 2 N–H and O–H groups in total. The van der Waals surface area contributed by atoms with Crippen LogP contribution in [0.3, 0.4) is 0 Å². The summed E-state index contributed by atoms with van der Waals surface area (Å²) in [6.45, 7) is 1.17. The largest absolute Gasteiger partial charge is 0.345 e. The van der Waals surface area contributed by atoms with Gasteiger partial charge in [0.15, 0.2) is 0 Å². The number of amides is 2. The van der Waals surface area contributed by atoms with Crippen molar-refractivity contribution in [1.82, 2.24) is 10.2 Å². The normalized spacial score (nSPS) is 13.2. The van der Waals surface area contributed by atoms with Crippen LogP contribution in [0.15, 0.2) is 24.3 Å². The highest BCUT2D eigenvalue weighted by molar-refractivity contribution is 6.03. The van der Waals surface area contributed by atoms with Crippen LogP contribution in [0.2, 0.25) is 0 Å². The standard InChI is InChI=1S/C15H21N3O2.ClH/c1-18(2)15(20)12-5-3-4-6-13(12)17-14(19)10-16-9-11-7-8-11;/h3-6,11,16H,7-10H2,1-2H3,(H,17,19);1H. The van der Waals surface area contributed by atoms with Crippen molar-refractivity contribution in [3.05, 3.63) is 29.8 Å². The maximum absolute atomic E-state index is 12.0. The average Bonchev–Trinajstić information content (AvgIpc) is 3.22. The van der Waals surface area contributed by atoms with Crippen molar-refractivity contribution in [2.24, 2.45) is 5.92 Å². The topological polar surface area (TPSA) is 61.4 Å². The number of benzene rings is 1. The molecule has 6 heteroatoms. The lowest BCUT2D eigenvalue weighted by molar-refractivity contribution is -0.115. The van der Waals surface area contributed by atoms with Gasteiger partial charge in [-0.25, -0.2) is 0 Å². The van der Waals surface area contributed by atoms with Gasteiger partial charge in [-0.2, -0.15) is 0 Å². The Morgan fingerprint density at radius 3 is 2.52 bits per heavy atom. The van der Waals surface area contributed by atoms with Crippen LogP contribution in [0.4, 0.5) is 5.69 Å². The molecule has 0 atom stereocenters. The van der Waals surface area contributed by atoms with Gasteiger partial charge in [-0.1, -0.05) is 12.1 Å². The van der Waals surface area contributed by atoms with Gasteiger partial charge in [0, 0.05) is 14.1 Å². The Morgan fingerprint density at radius 2 is 1.90 bits per heavy atom. The van der Waals surface area contributed by atoms with E-state index >= 15 is 0 Å². The first-order valence-electron chi connectivity index (χ1n) is 6.89. The molecule has 0 saturated heterocycles. The maximum atomic E-state index is 12.0. The van der Waals surface area contributed by atoms with Gasteiger partial charge in [0.25, 0.3) is 5.91 Å². The van der Waals surface area contributed by atoms with Gasteiger partial charge >= 0.3 is 0 Å². The van der Waals surface area contributed by atoms with Crippen molar-refractivity contribution >= 4 is 29.9 Å². The predicted octanol–water partition coefficient (Wildman–Crippen LogP) is 1.75. The van der Waals surface area contributed by atoms with Gasteiger partial charge in [0.05, 0.1) is 17.8 Å². The van der Waals surface area contributed by atoms with Crippen LogP contribution in [0, 0.1) is 5.92 Å². The Kier molecular flexibility index (Phi) is 6.65. The third-order valence-electron chi connectivity index (χ3n) is 3.25. The highest BCUT2D eigenvalue weighted by Gasteiger charge is 2.20. The van der Waals surface area contributed by atoms with Crippen LogP contribution in [0.5, 0.6) is 0 Å². The van der Waals surface area contributed by atoms with Crippen molar-refractivity contribution in [1.29, 1.82) is 0 Å². The molecule has 0 heterocycles. The van der Waals surface area contributed by atoms with Gasteiger partial charge in [-0.15, -0.1) is 12.4 Å². The van der Waals surface area contributed by atoms with Crippen molar-refractivity contribution in [3.63, 3.8) is 0 Å². The highest BCUT2D eigenvalue weighted by atomic mass is 35.5. The summed E-state index contributed by atoms with van der Waals surface area (Å²) in [5.41, 5.74) is 1.07. The van der Waals surface area contributed by atoms with E-state index in [1.54, 1.807) is 38.4 Å². The van der Waals surface area contributed by atoms with Gasteiger partial charge in [-0.05, 0) is 37.4 Å². The van der Waals surface area contributed by atoms with Crippen LogP contribution >= 0.6 is 12.4 Å². The summed E-state index contributed by atoms with van der Waals surface area (Å²) in [5.74, 6) is 0.502. The first kappa shape index (κ1) is 17.5. The van der Waals surface area contributed by atoms with Crippen molar-refractivity contribution in [3.8, 4) is 0 Å². The molecule has 2 amide bonds. The maximum Gasteiger partial charge on any atom is 0.255 e. The van der Waals surface area contributed by atoms with E-state index in [0.29, 0.717) is 11.3 Å². The van der Waals surface area contributed by atoms with E-state index in [-0.39, 0.29) is 30.8 Å². The van der Waals surface area contributed by atoms with Gasteiger partial charge in [-0.3, -0.25) is 9.59 Å². The molecule has 0 aliphatic heterocycles. The minimum absolute atomic E-state index is 0. The summed E-state index contributed by atoms with van der Waals surface area (Å²) in [4.78, 5) is 25.4. The van der Waals surface area contributed by atoms with Gasteiger partial charge in [0.2, 0.25) is 5.91 Å². The molecular weight excluding hydrogens is 290 g/mol. The lowest BCUT2D eigenvalue weighted by Crippen LogP contribution is -2.30. The van der Waals surface area contributed by atoms with E-state index in [4.69, 9.17) is 0 Å². The van der Waals surface area contributed by atoms with E-state index in [0.717, 1.165) is 12.5 Å². The number of hydrogen-bond acceptors (Lipinski definition) is 3. The Hall–Kier alpha value is -1.59. The number of carbonyl (C=O) groups is 2. The second kappa shape index (κ2) is 8.00. The zero-order valence-electron chi connectivity index (χ0n) is 12.4. The molecule has 1 aliphatic rings. The van der Waals surface area contributed by atoms with E-state index in [1.807, 2.05) is 0 Å². The number of hydrogen-bond donors (Lipinski definition) is 2. The summed E-state index contributed by atoms with van der Waals surface area (Å²) >= 11 is 0. The molecule has 1 fully saturated rings. The summed E-state index contributed by atoms with van der Waals surface area (Å²) in [7, 11) is 3.39. The highest BCUT2D eigenvalue weighted by Crippen LogP contribution is 2.27. The molecule has 1 aliphatic carbocycles. The smallest absolute Gasteiger partial charge is 0.255 e. The molecule has 116 valence electrons. The fraction of sp³-hybridized carbons (Fsp3) is 0.467. The van der Waals surface area contributed by atoms with E-state index in [1.165, 1.54) is 17.7 Å². The molecule has 0 unspecified atom stereocenters. The number of nitrogens with zero attached hydrogens (tertiary/aromatic N) is 1. The van der Waals surface area contributed by atoms with Crippen molar-refractivity contribution in [2.45, 2.75) is 12.8 Å². The van der Waals surface area contributed by atoms with E-state index < -0.39 is 0 Å². The molecule has 0 aromatic heterocycles. The van der Waals surface area contributed by atoms with Crippen LogP contribution < -0.4 is 10.6 Å². The number of para-hydroxylation sites is 1. The monoisotopic (exact) mass is 311 g/mol. The minimum atomic E-state index is -0.121. The third-order valence-corrected chi connectivity index (χ3v) is 3.25. The third kappa shape index (κ3) is 5.36. The van der Waals surface area contributed by atoms with Crippen molar-refractivity contribution in [2.75, 3.05) is 32.5 Å². The summed E-state index contributed by atoms with van der Waals surface area (Å²) < 4.78 is 0. The van der Waals surface area contributed by atoms with E-state index in [2.05, 4.69) is 10.6 Å². The quantitative estimate of drug-likeness (QED) is 0.841. The summed E-state index contributed by atoms with van der Waals surface area (Å²) in [5, 5.41) is 5.92. The number of anilines is 1. The number of halogens is 1. The van der Waals surface area contributed by atoms with Crippen LogP contribution in [0.25, 0.3) is 0 Å². The van der Waals surface area contributed by atoms with Crippen molar-refractivity contribution < 1.29 is 9.59 Å². The zero-order chi connectivity index (χ0) is 14.5. The SMILES string of the molecule is CN(C)C(=O)c1ccccc1NC(=O)CNCC1CC1.Cl. The number of rotatable bonds is 6. The lowest BCUT2D eigenvalue weighted by atomic mass is 10.1. The first-order chi connectivity index (χ1) is 9.58. The predicted molar refractivity (Wildman–Crippen MR) is 85.9 cm³/mol. The second-order valence-corrected chi connectivity index (χ2v) is 5.37. The zero-order valence-corrected chi connectivity index (χ0v) is 13.2. The number of nitrogens with one attached hydrogen (secondary N) is 2. The molecule has 0 bridgehead atoms. The Morgan fingerprint density at radius 1 is 1.24 bits per heavy atom. The van der Waals surface area contributed by atoms with Crippen LogP contribution in [-0.2, 0) is 4.79 Å². The Labute approximate surface area is 131 Å². The minimum Gasteiger partial charge on any atom is -0.345 e. The molecular formula is C15H22ClN3O2.